The summed E-state index contributed by atoms with van der Waals surface area (Å²) in [4.78, 5) is 0. The Morgan fingerprint density at radius 3 is 2.20 bits per heavy atom. The van der Waals surface area contributed by atoms with Gasteiger partial charge in [-0.15, -0.1) is 0 Å². The maximum atomic E-state index is 9.48. The minimum Gasteiger partial charge on any atom is -0.395 e. The third-order valence-corrected chi connectivity index (χ3v) is 3.87. The van der Waals surface area contributed by atoms with Crippen molar-refractivity contribution in [1.29, 1.82) is 0 Å². The zero-order chi connectivity index (χ0) is 15.2. The molecule has 1 aromatic rings. The highest BCUT2D eigenvalue weighted by Crippen LogP contribution is 2.28. The molecule has 1 rings (SSSR count). The summed E-state index contributed by atoms with van der Waals surface area (Å²) in [5.74, 6) is 0.606. The summed E-state index contributed by atoms with van der Waals surface area (Å²) in [6.07, 6.45) is 2.08. The molecule has 2 heteroatoms. The third-order valence-electron chi connectivity index (χ3n) is 3.87. The van der Waals surface area contributed by atoms with Crippen LogP contribution < -0.4 is 5.32 Å². The molecule has 0 amide bonds. The highest BCUT2D eigenvalue weighted by molar-refractivity contribution is 5.23. The Bertz CT molecular complexity index is 372. The second-order valence-electron chi connectivity index (χ2n) is 7.03. The van der Waals surface area contributed by atoms with E-state index in [1.807, 2.05) is 0 Å². The quantitative estimate of drug-likeness (QED) is 0.758. The average Bonchev–Trinajstić information content (AvgIpc) is 2.37. The first-order chi connectivity index (χ1) is 9.35. The zero-order valence-corrected chi connectivity index (χ0v) is 13.7. The van der Waals surface area contributed by atoms with E-state index >= 15 is 0 Å². The summed E-state index contributed by atoms with van der Waals surface area (Å²) in [6, 6.07) is 11.3. The monoisotopic (exact) mass is 277 g/mol. The lowest BCUT2D eigenvalue weighted by Crippen LogP contribution is -2.42. The fourth-order valence-electron chi connectivity index (χ4n) is 3.00. The van der Waals surface area contributed by atoms with Gasteiger partial charge in [0.05, 0.1) is 6.61 Å². The molecular formula is C18H31NO. The molecule has 0 aliphatic heterocycles. The molecule has 0 aliphatic rings. The van der Waals surface area contributed by atoms with E-state index in [9.17, 15) is 5.11 Å². The Labute approximate surface area is 124 Å². The third kappa shape index (κ3) is 5.64. The van der Waals surface area contributed by atoms with Gasteiger partial charge in [0.15, 0.2) is 0 Å². The molecule has 1 aromatic carbocycles. The van der Waals surface area contributed by atoms with Crippen LogP contribution in [0.1, 0.15) is 53.0 Å². The summed E-state index contributed by atoms with van der Waals surface area (Å²) in [6.45, 7) is 11.4. The van der Waals surface area contributed by atoms with E-state index in [1.54, 1.807) is 0 Å². The summed E-state index contributed by atoms with van der Waals surface area (Å²) in [5, 5.41) is 13.1. The molecule has 2 atom stereocenters. The maximum absolute atomic E-state index is 9.48. The Kier molecular flexibility index (Phi) is 6.70. The van der Waals surface area contributed by atoms with Gasteiger partial charge < -0.3 is 10.4 Å². The molecule has 114 valence electrons. The first-order valence-electron chi connectivity index (χ1n) is 7.77. The molecule has 0 saturated heterocycles. The Hall–Kier alpha value is -0.860. The Morgan fingerprint density at radius 1 is 1.10 bits per heavy atom. The highest BCUT2D eigenvalue weighted by atomic mass is 16.3. The number of aliphatic hydroxyl groups is 1. The number of nitrogens with one attached hydrogen (secondary N) is 1. The lowest BCUT2D eigenvalue weighted by molar-refractivity contribution is 0.207. The smallest absolute Gasteiger partial charge is 0.0584 e. The van der Waals surface area contributed by atoms with Crippen LogP contribution in [0.25, 0.3) is 0 Å². The van der Waals surface area contributed by atoms with E-state index in [0.29, 0.717) is 12.0 Å². The summed E-state index contributed by atoms with van der Waals surface area (Å²) < 4.78 is 0. The predicted octanol–water partition coefficient (Wildman–Crippen LogP) is 3.74. The van der Waals surface area contributed by atoms with Crippen LogP contribution in [0.3, 0.4) is 0 Å². The zero-order valence-electron chi connectivity index (χ0n) is 13.7. The van der Waals surface area contributed by atoms with E-state index in [0.717, 1.165) is 12.8 Å². The van der Waals surface area contributed by atoms with Crippen LogP contribution >= 0.6 is 0 Å². The van der Waals surface area contributed by atoms with Gasteiger partial charge in [0.25, 0.3) is 0 Å². The van der Waals surface area contributed by atoms with E-state index in [-0.39, 0.29) is 18.1 Å². The molecule has 0 bridgehead atoms. The fourth-order valence-corrected chi connectivity index (χ4v) is 3.00. The Balaban J connectivity index is 2.58. The second-order valence-corrected chi connectivity index (χ2v) is 7.03. The van der Waals surface area contributed by atoms with Gasteiger partial charge in [0, 0.05) is 12.1 Å². The lowest BCUT2D eigenvalue weighted by atomic mass is 9.79. The molecule has 2 unspecified atom stereocenters. The van der Waals surface area contributed by atoms with Crippen LogP contribution in [0, 0.1) is 5.92 Å². The molecule has 0 heterocycles. The molecule has 20 heavy (non-hydrogen) atoms. The van der Waals surface area contributed by atoms with Crippen molar-refractivity contribution in [2.24, 2.45) is 5.92 Å². The Morgan fingerprint density at radius 2 is 1.70 bits per heavy atom. The topological polar surface area (TPSA) is 32.3 Å². The van der Waals surface area contributed by atoms with E-state index in [4.69, 9.17) is 0 Å². The SMILES string of the molecule is CC(C)CC(CO)NC(C)CC(C)(C)c1ccccc1. The molecule has 0 spiro atoms. The number of rotatable bonds is 8. The number of benzene rings is 1. The van der Waals surface area contributed by atoms with Crippen molar-refractivity contribution in [2.75, 3.05) is 6.61 Å². The summed E-state index contributed by atoms with van der Waals surface area (Å²) in [7, 11) is 0. The van der Waals surface area contributed by atoms with E-state index in [2.05, 4.69) is 70.3 Å². The number of hydrogen-bond acceptors (Lipinski definition) is 2. The van der Waals surface area contributed by atoms with Gasteiger partial charge in [-0.2, -0.15) is 0 Å². The number of hydrogen-bond donors (Lipinski definition) is 2. The molecule has 2 nitrogen and oxygen atoms in total. The van der Waals surface area contributed by atoms with Gasteiger partial charge >= 0.3 is 0 Å². The second kappa shape index (κ2) is 7.80. The highest BCUT2D eigenvalue weighted by Gasteiger charge is 2.24. The fraction of sp³-hybridized carbons (Fsp3) is 0.667. The summed E-state index contributed by atoms with van der Waals surface area (Å²) in [5.41, 5.74) is 1.52. The van der Waals surface area contributed by atoms with Crippen molar-refractivity contribution in [3.63, 3.8) is 0 Å². The first-order valence-corrected chi connectivity index (χ1v) is 7.77. The van der Waals surface area contributed by atoms with Gasteiger partial charge in [0.2, 0.25) is 0 Å². The van der Waals surface area contributed by atoms with Crippen molar-refractivity contribution in [3.05, 3.63) is 35.9 Å². The van der Waals surface area contributed by atoms with Gasteiger partial charge in [0.1, 0.15) is 0 Å². The summed E-state index contributed by atoms with van der Waals surface area (Å²) >= 11 is 0. The molecule has 0 saturated carbocycles. The van der Waals surface area contributed by atoms with Crippen LogP contribution in [-0.2, 0) is 5.41 Å². The standard InChI is InChI=1S/C18H31NO/c1-14(2)11-17(13-20)19-15(3)12-18(4,5)16-9-7-6-8-10-16/h6-10,14-15,17,19-20H,11-13H2,1-5H3. The molecule has 2 N–H and O–H groups in total. The van der Waals surface area contributed by atoms with E-state index < -0.39 is 0 Å². The van der Waals surface area contributed by atoms with Gasteiger partial charge in [-0.05, 0) is 36.7 Å². The number of aliphatic hydroxyl groups excluding tert-OH is 1. The largest absolute Gasteiger partial charge is 0.395 e. The maximum Gasteiger partial charge on any atom is 0.0584 e. The lowest BCUT2D eigenvalue weighted by Gasteiger charge is -2.31. The van der Waals surface area contributed by atoms with Gasteiger partial charge in [-0.3, -0.25) is 0 Å². The van der Waals surface area contributed by atoms with Crippen LogP contribution in [0.4, 0.5) is 0 Å². The predicted molar refractivity (Wildman–Crippen MR) is 87.0 cm³/mol. The molecule has 0 radical (unpaired) electrons. The van der Waals surface area contributed by atoms with Crippen molar-refractivity contribution in [2.45, 2.75) is 65.0 Å². The van der Waals surface area contributed by atoms with Gasteiger partial charge in [-0.1, -0.05) is 58.0 Å². The molecule has 0 fully saturated rings. The van der Waals surface area contributed by atoms with E-state index in [1.165, 1.54) is 5.56 Å². The first kappa shape index (κ1) is 17.2. The minimum atomic E-state index is 0.144. The van der Waals surface area contributed by atoms with Crippen molar-refractivity contribution >= 4 is 0 Å². The van der Waals surface area contributed by atoms with Crippen molar-refractivity contribution < 1.29 is 5.11 Å². The van der Waals surface area contributed by atoms with Gasteiger partial charge in [-0.25, -0.2) is 0 Å². The van der Waals surface area contributed by atoms with Crippen LogP contribution in [0.15, 0.2) is 30.3 Å². The minimum absolute atomic E-state index is 0.144. The van der Waals surface area contributed by atoms with Crippen molar-refractivity contribution in [1.82, 2.24) is 5.32 Å². The normalized spacial score (nSPS) is 15.3. The molecule has 0 aromatic heterocycles. The molecule has 0 aliphatic carbocycles. The van der Waals surface area contributed by atoms with Crippen LogP contribution in [-0.4, -0.2) is 23.8 Å². The van der Waals surface area contributed by atoms with Crippen molar-refractivity contribution in [3.8, 4) is 0 Å². The molecular weight excluding hydrogens is 246 g/mol. The van der Waals surface area contributed by atoms with Crippen LogP contribution in [0.2, 0.25) is 0 Å². The average molecular weight is 277 g/mol. The van der Waals surface area contributed by atoms with Crippen LogP contribution in [0.5, 0.6) is 0 Å².